The smallest absolute Gasteiger partial charge is 0.257 e. The van der Waals surface area contributed by atoms with Crippen molar-refractivity contribution < 1.29 is 9.18 Å². The van der Waals surface area contributed by atoms with E-state index in [0.717, 1.165) is 5.69 Å². The molecule has 0 aliphatic rings. The number of aromatic nitrogens is 1. The Hall–Kier alpha value is -2.14. The van der Waals surface area contributed by atoms with Crippen molar-refractivity contribution in [3.05, 3.63) is 53.1 Å². The van der Waals surface area contributed by atoms with Gasteiger partial charge in [-0.25, -0.2) is 4.39 Å². The van der Waals surface area contributed by atoms with Crippen LogP contribution in [0.5, 0.6) is 0 Å². The second-order valence-corrected chi connectivity index (χ2v) is 6.33. The highest BCUT2D eigenvalue weighted by Gasteiger charge is 2.12. The van der Waals surface area contributed by atoms with Crippen LogP contribution in [0.1, 0.15) is 31.1 Å². The Labute approximate surface area is 133 Å². The van der Waals surface area contributed by atoms with Gasteiger partial charge in [0.15, 0.2) is 0 Å². The molecule has 0 spiro atoms. The number of hydrogen-bond donors (Lipinski definition) is 2. The van der Waals surface area contributed by atoms with E-state index >= 15 is 0 Å². The Kier molecular flexibility index (Phi) is 4.66. The topological polar surface area (TPSA) is 54.0 Å². The van der Waals surface area contributed by atoms with Crippen LogP contribution in [0.2, 0.25) is 5.02 Å². The van der Waals surface area contributed by atoms with Crippen LogP contribution in [0, 0.1) is 5.82 Å². The minimum atomic E-state index is -0.530. The number of benzene rings is 1. The molecule has 2 N–H and O–H groups in total. The Morgan fingerprint density at radius 3 is 2.55 bits per heavy atom. The zero-order chi connectivity index (χ0) is 16.3. The van der Waals surface area contributed by atoms with E-state index in [-0.39, 0.29) is 16.5 Å². The number of amides is 1. The van der Waals surface area contributed by atoms with Gasteiger partial charge in [-0.15, -0.1) is 0 Å². The maximum absolute atomic E-state index is 13.1. The molecular weight excluding hydrogens is 305 g/mol. The van der Waals surface area contributed by atoms with Crippen molar-refractivity contribution in [2.75, 3.05) is 10.6 Å². The molecule has 116 valence electrons. The van der Waals surface area contributed by atoms with E-state index in [1.54, 1.807) is 12.3 Å². The molecule has 4 nitrogen and oxygen atoms in total. The van der Waals surface area contributed by atoms with Crippen LogP contribution in [0.15, 0.2) is 36.7 Å². The third-order valence-corrected chi connectivity index (χ3v) is 2.99. The van der Waals surface area contributed by atoms with Crippen molar-refractivity contribution in [3.63, 3.8) is 0 Å². The van der Waals surface area contributed by atoms with Gasteiger partial charge in [0.1, 0.15) is 5.82 Å². The lowest BCUT2D eigenvalue weighted by Crippen LogP contribution is -2.26. The summed E-state index contributed by atoms with van der Waals surface area (Å²) in [7, 11) is 0. The second kappa shape index (κ2) is 6.32. The third-order valence-electron chi connectivity index (χ3n) is 2.70. The summed E-state index contributed by atoms with van der Waals surface area (Å²) in [6.07, 6.45) is 3.12. The van der Waals surface area contributed by atoms with Gasteiger partial charge in [-0.2, -0.15) is 0 Å². The van der Waals surface area contributed by atoms with Crippen molar-refractivity contribution in [3.8, 4) is 0 Å². The van der Waals surface area contributed by atoms with E-state index in [9.17, 15) is 9.18 Å². The number of nitrogens with one attached hydrogen (secondary N) is 2. The van der Waals surface area contributed by atoms with Gasteiger partial charge in [-0.05, 0) is 45.0 Å². The third kappa shape index (κ3) is 4.43. The van der Waals surface area contributed by atoms with Crippen LogP contribution in [0.3, 0.4) is 0 Å². The van der Waals surface area contributed by atoms with Crippen LogP contribution in [-0.4, -0.2) is 16.4 Å². The molecule has 0 atom stereocenters. The van der Waals surface area contributed by atoms with Crippen molar-refractivity contribution in [2.24, 2.45) is 0 Å². The number of halogens is 2. The first kappa shape index (κ1) is 16.2. The maximum Gasteiger partial charge on any atom is 0.257 e. The Morgan fingerprint density at radius 2 is 1.91 bits per heavy atom. The van der Waals surface area contributed by atoms with Crippen molar-refractivity contribution in [1.29, 1.82) is 0 Å². The zero-order valence-electron chi connectivity index (χ0n) is 12.6. The van der Waals surface area contributed by atoms with Gasteiger partial charge >= 0.3 is 0 Å². The molecule has 1 amide bonds. The molecule has 0 aliphatic carbocycles. The molecule has 0 unspecified atom stereocenters. The Bertz CT molecular complexity index is 698. The highest BCUT2D eigenvalue weighted by Crippen LogP contribution is 2.20. The fraction of sp³-hybridized carbons (Fsp3) is 0.250. The lowest BCUT2D eigenvalue weighted by atomic mass is 10.1. The normalized spacial score (nSPS) is 11.1. The van der Waals surface area contributed by atoms with Gasteiger partial charge in [-0.1, -0.05) is 11.6 Å². The molecule has 0 saturated carbocycles. The number of pyridine rings is 1. The van der Waals surface area contributed by atoms with E-state index in [1.165, 1.54) is 24.4 Å². The SMILES string of the molecule is CC(C)(C)Nc1cncc(C(=O)Nc2ccc(F)c(Cl)c2)c1. The molecule has 1 heterocycles. The molecular formula is C16H17ClFN3O. The van der Waals surface area contributed by atoms with E-state index in [4.69, 9.17) is 11.6 Å². The van der Waals surface area contributed by atoms with Crippen LogP contribution < -0.4 is 10.6 Å². The predicted molar refractivity (Wildman–Crippen MR) is 87.0 cm³/mol. The van der Waals surface area contributed by atoms with Crippen LogP contribution >= 0.6 is 11.6 Å². The highest BCUT2D eigenvalue weighted by molar-refractivity contribution is 6.31. The largest absolute Gasteiger partial charge is 0.379 e. The summed E-state index contributed by atoms with van der Waals surface area (Å²) in [6, 6.07) is 5.72. The maximum atomic E-state index is 13.1. The van der Waals surface area contributed by atoms with E-state index < -0.39 is 5.82 Å². The fourth-order valence-electron chi connectivity index (χ4n) is 1.84. The summed E-state index contributed by atoms with van der Waals surface area (Å²) in [5.74, 6) is -0.870. The molecule has 2 rings (SSSR count). The summed E-state index contributed by atoms with van der Waals surface area (Å²) < 4.78 is 13.1. The lowest BCUT2D eigenvalue weighted by Gasteiger charge is -2.22. The van der Waals surface area contributed by atoms with Crippen LogP contribution in [0.25, 0.3) is 0 Å². The zero-order valence-corrected chi connectivity index (χ0v) is 13.3. The summed E-state index contributed by atoms with van der Waals surface area (Å²) in [5, 5.41) is 5.86. The van der Waals surface area contributed by atoms with Crippen molar-refractivity contribution >= 4 is 28.9 Å². The molecule has 0 bridgehead atoms. The van der Waals surface area contributed by atoms with Crippen molar-refractivity contribution in [2.45, 2.75) is 26.3 Å². The quantitative estimate of drug-likeness (QED) is 0.884. The van der Waals surface area contributed by atoms with E-state index in [0.29, 0.717) is 11.3 Å². The number of anilines is 2. The minimum Gasteiger partial charge on any atom is -0.379 e. The number of hydrogen-bond acceptors (Lipinski definition) is 3. The first-order valence-electron chi connectivity index (χ1n) is 6.74. The van der Waals surface area contributed by atoms with E-state index in [2.05, 4.69) is 15.6 Å². The Morgan fingerprint density at radius 1 is 1.18 bits per heavy atom. The first-order valence-corrected chi connectivity index (χ1v) is 7.12. The monoisotopic (exact) mass is 321 g/mol. The molecule has 0 saturated heterocycles. The van der Waals surface area contributed by atoms with Gasteiger partial charge < -0.3 is 10.6 Å². The number of carbonyl (C=O) groups excluding carboxylic acids is 1. The standard InChI is InChI=1S/C16H17ClFN3O/c1-16(2,3)21-12-6-10(8-19-9-12)15(22)20-11-4-5-14(18)13(17)7-11/h4-9,21H,1-3H3,(H,20,22). The number of rotatable bonds is 3. The fourth-order valence-corrected chi connectivity index (χ4v) is 2.02. The van der Waals surface area contributed by atoms with Crippen LogP contribution in [0.4, 0.5) is 15.8 Å². The van der Waals surface area contributed by atoms with Gasteiger partial charge in [0.25, 0.3) is 5.91 Å². The molecule has 0 aliphatic heterocycles. The average Bonchev–Trinajstić information content (AvgIpc) is 2.41. The van der Waals surface area contributed by atoms with Crippen LogP contribution in [-0.2, 0) is 0 Å². The van der Waals surface area contributed by atoms with Gasteiger partial charge in [-0.3, -0.25) is 9.78 Å². The molecule has 0 fully saturated rings. The lowest BCUT2D eigenvalue weighted by molar-refractivity contribution is 0.102. The minimum absolute atomic E-state index is 0.0425. The average molecular weight is 322 g/mol. The van der Waals surface area contributed by atoms with Gasteiger partial charge in [0.2, 0.25) is 0 Å². The number of nitrogens with zero attached hydrogens (tertiary/aromatic N) is 1. The summed E-state index contributed by atoms with van der Waals surface area (Å²) in [6.45, 7) is 6.04. The van der Waals surface area contributed by atoms with Gasteiger partial charge in [0, 0.05) is 23.6 Å². The molecule has 1 aromatic heterocycles. The molecule has 22 heavy (non-hydrogen) atoms. The summed E-state index contributed by atoms with van der Waals surface area (Å²) in [4.78, 5) is 16.3. The Balaban J connectivity index is 2.15. The number of carbonyl (C=O) groups is 1. The first-order chi connectivity index (χ1) is 10.2. The predicted octanol–water partition coefficient (Wildman–Crippen LogP) is 4.34. The summed E-state index contributed by atoms with van der Waals surface area (Å²) >= 11 is 5.69. The van der Waals surface area contributed by atoms with Crippen molar-refractivity contribution in [1.82, 2.24) is 4.98 Å². The van der Waals surface area contributed by atoms with Gasteiger partial charge in [0.05, 0.1) is 16.3 Å². The summed E-state index contributed by atoms with van der Waals surface area (Å²) in [5.41, 5.74) is 1.43. The molecule has 6 heteroatoms. The second-order valence-electron chi connectivity index (χ2n) is 5.92. The molecule has 0 radical (unpaired) electrons. The molecule has 2 aromatic rings. The van der Waals surface area contributed by atoms with E-state index in [1.807, 2.05) is 20.8 Å². The molecule has 1 aromatic carbocycles. The highest BCUT2D eigenvalue weighted by atomic mass is 35.5.